The van der Waals surface area contributed by atoms with Gasteiger partial charge in [0.15, 0.2) is 0 Å². The molecule has 1 fully saturated rings. The molecule has 2 aromatic carbocycles. The van der Waals surface area contributed by atoms with Crippen LogP contribution in [0.5, 0.6) is 0 Å². The maximum Gasteiger partial charge on any atom is 0.113 e. The fourth-order valence-electron chi connectivity index (χ4n) is 8.12. The van der Waals surface area contributed by atoms with E-state index in [1.165, 1.54) is 59.9 Å². The zero-order valence-electron chi connectivity index (χ0n) is 25.1. The third kappa shape index (κ3) is 4.41. The first-order valence-electron chi connectivity index (χ1n) is 15.8. The summed E-state index contributed by atoms with van der Waals surface area (Å²) in [5.74, 6) is 1.46. The van der Waals surface area contributed by atoms with Crippen molar-refractivity contribution in [1.82, 2.24) is 0 Å². The number of rotatable bonds is 7. The largest absolute Gasteiger partial charge is 0.113 e. The number of hydrogen-bond donors (Lipinski definition) is 0. The topological polar surface area (TPSA) is 0 Å². The van der Waals surface area contributed by atoms with Gasteiger partial charge in [-0.2, -0.15) is 0 Å². The monoisotopic (exact) mass is 550 g/mol. The highest BCUT2D eigenvalue weighted by atomic mass is 28.3. The average molecular weight is 551 g/mol. The minimum Gasteiger partial charge on any atom is -0.0727 e. The molecule has 1 heteroatoms. The van der Waals surface area contributed by atoms with Crippen molar-refractivity contribution in [2.45, 2.75) is 59.0 Å². The van der Waals surface area contributed by atoms with Gasteiger partial charge in [-0.1, -0.05) is 153 Å². The summed E-state index contributed by atoms with van der Waals surface area (Å²) in [5, 5.41) is 3.29. The van der Waals surface area contributed by atoms with Gasteiger partial charge in [-0.25, -0.2) is 0 Å². The Kier molecular flexibility index (Phi) is 6.74. The van der Waals surface area contributed by atoms with E-state index in [0.717, 1.165) is 0 Å². The molecule has 0 radical (unpaired) electrons. The Hall–Kier alpha value is -3.42. The molecule has 206 valence electrons. The van der Waals surface area contributed by atoms with E-state index in [4.69, 9.17) is 0 Å². The van der Waals surface area contributed by atoms with Crippen molar-refractivity contribution in [2.24, 2.45) is 17.8 Å². The summed E-state index contributed by atoms with van der Waals surface area (Å²) in [4.78, 5) is 0. The number of hydrogen-bond acceptors (Lipinski definition) is 0. The third-order valence-electron chi connectivity index (χ3n) is 10.3. The lowest BCUT2D eigenvalue weighted by Gasteiger charge is -2.30. The maximum absolute atomic E-state index is 2.68. The van der Waals surface area contributed by atoms with E-state index in [1.807, 2.05) is 0 Å². The lowest BCUT2D eigenvalue weighted by Crippen LogP contribution is -2.32. The number of allylic oxidation sites excluding steroid dienone is 16. The van der Waals surface area contributed by atoms with Crippen molar-refractivity contribution < 1.29 is 0 Å². The standard InChI is InChI=1S/C40H42Si/c1-5-13-27(2)36-26-40(38-25-30-17-11-16-29(30)24-37(36)38)41(3,4)39-23-22-34-33(20-12-21-35(34)39)32-19-10-9-18-31(32)28-14-7-6-8-15-28/h6-10,12,14-15,18-27,34,37H,5,11,13,16-17H2,1-4H3. The second-order valence-corrected chi connectivity index (χ2v) is 17.4. The zero-order valence-corrected chi connectivity index (χ0v) is 26.1. The van der Waals surface area contributed by atoms with Crippen LogP contribution in [-0.4, -0.2) is 8.07 Å². The van der Waals surface area contributed by atoms with Crippen LogP contribution in [0.15, 0.2) is 141 Å². The molecule has 0 bridgehead atoms. The summed E-state index contributed by atoms with van der Waals surface area (Å²) in [6.45, 7) is 10.0. The summed E-state index contributed by atoms with van der Waals surface area (Å²) in [5.41, 5.74) is 13.5. The molecule has 41 heavy (non-hydrogen) atoms. The molecule has 0 N–H and O–H groups in total. The van der Waals surface area contributed by atoms with Crippen molar-refractivity contribution in [3.05, 3.63) is 147 Å². The molecule has 3 atom stereocenters. The Morgan fingerprint density at radius 2 is 1.56 bits per heavy atom. The lowest BCUT2D eigenvalue weighted by atomic mass is 9.81. The summed E-state index contributed by atoms with van der Waals surface area (Å²) < 4.78 is 0. The molecule has 0 heterocycles. The second-order valence-electron chi connectivity index (χ2n) is 13.1. The van der Waals surface area contributed by atoms with E-state index >= 15 is 0 Å². The van der Waals surface area contributed by atoms with Crippen LogP contribution in [0, 0.1) is 17.8 Å². The lowest BCUT2D eigenvalue weighted by molar-refractivity contribution is 0.568. The minimum absolute atomic E-state index is 0.322. The molecule has 1 saturated carbocycles. The third-order valence-corrected chi connectivity index (χ3v) is 13.8. The number of fused-ring (bicyclic) bond motifs is 3. The van der Waals surface area contributed by atoms with Crippen LogP contribution in [0.25, 0.3) is 16.7 Å². The van der Waals surface area contributed by atoms with Gasteiger partial charge in [0.1, 0.15) is 8.07 Å². The Morgan fingerprint density at radius 1 is 0.805 bits per heavy atom. The van der Waals surface area contributed by atoms with Gasteiger partial charge in [-0.05, 0) is 76.2 Å². The fourth-order valence-corrected chi connectivity index (χ4v) is 11.4. The van der Waals surface area contributed by atoms with Crippen LogP contribution in [-0.2, 0) is 0 Å². The first kappa shape index (κ1) is 26.5. The van der Waals surface area contributed by atoms with E-state index in [9.17, 15) is 0 Å². The van der Waals surface area contributed by atoms with Crippen LogP contribution in [0.4, 0.5) is 0 Å². The van der Waals surface area contributed by atoms with Crippen molar-refractivity contribution in [3.63, 3.8) is 0 Å². The highest BCUT2D eigenvalue weighted by Crippen LogP contribution is 2.52. The first-order valence-corrected chi connectivity index (χ1v) is 18.8. The zero-order chi connectivity index (χ0) is 28.1. The first-order chi connectivity index (χ1) is 20.0. The predicted molar refractivity (Wildman–Crippen MR) is 179 cm³/mol. The van der Waals surface area contributed by atoms with Crippen molar-refractivity contribution in [3.8, 4) is 11.1 Å². The molecular weight excluding hydrogens is 509 g/mol. The Labute approximate surface area is 248 Å². The Bertz CT molecular complexity index is 1640. The molecule has 0 spiro atoms. The van der Waals surface area contributed by atoms with Gasteiger partial charge >= 0.3 is 0 Å². The van der Waals surface area contributed by atoms with Crippen molar-refractivity contribution in [1.29, 1.82) is 0 Å². The predicted octanol–water partition coefficient (Wildman–Crippen LogP) is 10.9. The van der Waals surface area contributed by atoms with E-state index < -0.39 is 8.07 Å². The van der Waals surface area contributed by atoms with Crippen LogP contribution in [0.3, 0.4) is 0 Å². The summed E-state index contributed by atoms with van der Waals surface area (Å²) >= 11 is 0. The average Bonchev–Trinajstić information content (AvgIpc) is 3.73. The normalized spacial score (nSPS) is 23.6. The molecule has 5 aliphatic rings. The smallest absolute Gasteiger partial charge is 0.0727 e. The molecule has 2 aromatic rings. The van der Waals surface area contributed by atoms with Crippen molar-refractivity contribution >= 4 is 13.6 Å². The highest BCUT2D eigenvalue weighted by molar-refractivity contribution is 6.92. The SMILES string of the molecule is CCCC(C)C1=CC([Si](C)(C)C2=C3C=CC=C(c4ccccc4-c4ccccc4)C3C=C2)=C2C=C3CCCC3=CC12. The van der Waals surface area contributed by atoms with E-state index in [-0.39, 0.29) is 0 Å². The molecule has 5 aliphatic carbocycles. The number of benzene rings is 2. The van der Waals surface area contributed by atoms with Gasteiger partial charge in [0.2, 0.25) is 0 Å². The van der Waals surface area contributed by atoms with Crippen LogP contribution in [0.2, 0.25) is 13.1 Å². The van der Waals surface area contributed by atoms with Crippen LogP contribution in [0.1, 0.15) is 51.5 Å². The van der Waals surface area contributed by atoms with Crippen LogP contribution < -0.4 is 0 Å². The van der Waals surface area contributed by atoms with Crippen molar-refractivity contribution in [2.75, 3.05) is 0 Å². The molecule has 0 nitrogen and oxygen atoms in total. The van der Waals surface area contributed by atoms with E-state index in [2.05, 4.69) is 130 Å². The van der Waals surface area contributed by atoms with Gasteiger partial charge in [-0.15, -0.1) is 0 Å². The highest BCUT2D eigenvalue weighted by Gasteiger charge is 2.42. The molecule has 3 unspecified atom stereocenters. The van der Waals surface area contributed by atoms with Gasteiger partial charge in [0.25, 0.3) is 0 Å². The molecule has 0 saturated heterocycles. The summed E-state index contributed by atoms with van der Waals surface area (Å²) in [7, 11) is -1.97. The fraction of sp³-hybridized carbons (Fsp3) is 0.300. The molecule has 7 rings (SSSR count). The second kappa shape index (κ2) is 10.4. The van der Waals surface area contributed by atoms with Gasteiger partial charge < -0.3 is 0 Å². The summed E-state index contributed by atoms with van der Waals surface area (Å²) in [6.07, 6.45) is 26.4. The molecular formula is C40H42Si. The maximum atomic E-state index is 2.68. The van der Waals surface area contributed by atoms with E-state index in [0.29, 0.717) is 17.8 Å². The van der Waals surface area contributed by atoms with Gasteiger partial charge in [0.05, 0.1) is 0 Å². The quantitative estimate of drug-likeness (QED) is 0.301. The van der Waals surface area contributed by atoms with Gasteiger partial charge in [-0.3, -0.25) is 0 Å². The molecule has 0 amide bonds. The van der Waals surface area contributed by atoms with Crippen LogP contribution >= 0.6 is 0 Å². The van der Waals surface area contributed by atoms with E-state index in [1.54, 1.807) is 32.7 Å². The Balaban J connectivity index is 1.30. The molecule has 0 aliphatic heterocycles. The summed E-state index contributed by atoms with van der Waals surface area (Å²) in [6, 6.07) is 19.8. The Morgan fingerprint density at radius 3 is 2.37 bits per heavy atom. The minimum atomic E-state index is -1.97. The van der Waals surface area contributed by atoms with Gasteiger partial charge in [0, 0.05) is 11.8 Å². The molecule has 0 aromatic heterocycles.